The van der Waals surface area contributed by atoms with Crippen LogP contribution in [0.25, 0.3) is 0 Å². The molecule has 1 fully saturated rings. The zero-order valence-electron chi connectivity index (χ0n) is 19.9. The SMILES string of the molecule is COc1cc(C(C)C)ccc(CN2CCN(C(c3ccccc3)c3ccccc3)CC2)c1=O. The van der Waals surface area contributed by atoms with E-state index >= 15 is 0 Å². The Labute approximate surface area is 197 Å². The number of methoxy groups -OCH3 is 1. The third-order valence-corrected chi connectivity index (χ3v) is 6.57. The van der Waals surface area contributed by atoms with Gasteiger partial charge in [0.05, 0.1) is 13.2 Å². The number of ether oxygens (including phenoxy) is 1. The topological polar surface area (TPSA) is 32.8 Å². The van der Waals surface area contributed by atoms with Crippen LogP contribution < -0.4 is 10.2 Å². The lowest BCUT2D eigenvalue weighted by atomic mass is 9.96. The summed E-state index contributed by atoms with van der Waals surface area (Å²) in [5.41, 5.74) is 4.56. The summed E-state index contributed by atoms with van der Waals surface area (Å²) in [5.74, 6) is 0.778. The van der Waals surface area contributed by atoms with Crippen LogP contribution in [-0.4, -0.2) is 43.1 Å². The first-order valence-electron chi connectivity index (χ1n) is 11.8. The van der Waals surface area contributed by atoms with Gasteiger partial charge in [0.15, 0.2) is 5.75 Å². The summed E-state index contributed by atoms with van der Waals surface area (Å²) in [4.78, 5) is 18.0. The second-order valence-corrected chi connectivity index (χ2v) is 9.09. The Morgan fingerprint density at radius 2 is 1.36 bits per heavy atom. The van der Waals surface area contributed by atoms with Crippen molar-refractivity contribution in [2.24, 2.45) is 0 Å². The van der Waals surface area contributed by atoms with Crippen molar-refractivity contribution in [2.75, 3.05) is 33.3 Å². The lowest BCUT2D eigenvalue weighted by Gasteiger charge is -2.39. The Bertz CT molecular complexity index is 1050. The van der Waals surface area contributed by atoms with E-state index in [4.69, 9.17) is 4.74 Å². The molecule has 0 aliphatic carbocycles. The fourth-order valence-corrected chi connectivity index (χ4v) is 4.64. The summed E-state index contributed by atoms with van der Waals surface area (Å²) >= 11 is 0. The second kappa shape index (κ2) is 10.8. The van der Waals surface area contributed by atoms with Crippen LogP contribution in [0.2, 0.25) is 0 Å². The Morgan fingerprint density at radius 1 is 0.788 bits per heavy atom. The highest BCUT2D eigenvalue weighted by atomic mass is 16.5. The smallest absolute Gasteiger partial charge is 0.224 e. The molecule has 1 aliphatic heterocycles. The highest BCUT2D eigenvalue weighted by Gasteiger charge is 2.26. The van der Waals surface area contributed by atoms with Gasteiger partial charge in [0.1, 0.15) is 0 Å². The van der Waals surface area contributed by atoms with E-state index in [1.54, 1.807) is 7.11 Å². The van der Waals surface area contributed by atoms with Crippen molar-refractivity contribution in [3.05, 3.63) is 111 Å². The minimum atomic E-state index is -0.00160. The molecule has 3 aromatic carbocycles. The number of rotatable bonds is 7. The number of nitrogens with zero attached hydrogens (tertiary/aromatic N) is 2. The molecule has 172 valence electrons. The molecular weight excluding hydrogens is 408 g/mol. The van der Waals surface area contributed by atoms with E-state index in [1.165, 1.54) is 11.1 Å². The second-order valence-electron chi connectivity index (χ2n) is 9.09. The first kappa shape index (κ1) is 23.2. The van der Waals surface area contributed by atoms with Crippen LogP contribution in [0.5, 0.6) is 5.75 Å². The molecule has 0 aromatic heterocycles. The Kier molecular flexibility index (Phi) is 7.58. The van der Waals surface area contributed by atoms with Gasteiger partial charge in [0, 0.05) is 38.3 Å². The minimum absolute atomic E-state index is 0.00160. The van der Waals surface area contributed by atoms with Crippen molar-refractivity contribution >= 4 is 0 Å². The van der Waals surface area contributed by atoms with Crippen LogP contribution >= 0.6 is 0 Å². The van der Waals surface area contributed by atoms with Gasteiger partial charge < -0.3 is 4.74 Å². The molecule has 1 saturated heterocycles. The molecule has 4 rings (SSSR count). The number of hydrogen-bond donors (Lipinski definition) is 0. The first-order chi connectivity index (χ1) is 16.1. The maximum absolute atomic E-state index is 13.0. The van der Waals surface area contributed by atoms with Crippen molar-refractivity contribution < 1.29 is 4.74 Å². The molecule has 0 N–H and O–H groups in total. The van der Waals surface area contributed by atoms with Crippen molar-refractivity contribution in [3.8, 4) is 5.75 Å². The average molecular weight is 443 g/mol. The van der Waals surface area contributed by atoms with E-state index in [9.17, 15) is 4.79 Å². The molecule has 0 atom stereocenters. The standard InChI is InChI=1S/C29H34N2O2/c1-22(2)25-14-15-26(29(32)27(20-25)33-3)21-30-16-18-31(19-17-30)28(23-10-6-4-7-11-23)24-12-8-5-9-13-24/h4-15,20,22,28H,16-19,21H2,1-3H3. The molecule has 0 bridgehead atoms. The number of piperazine rings is 1. The van der Waals surface area contributed by atoms with Gasteiger partial charge in [-0.15, -0.1) is 0 Å². The number of benzene rings is 2. The monoisotopic (exact) mass is 442 g/mol. The molecule has 3 aromatic rings. The Balaban J connectivity index is 1.51. The quantitative estimate of drug-likeness (QED) is 0.511. The summed E-state index contributed by atoms with van der Waals surface area (Å²) in [7, 11) is 1.58. The fourth-order valence-electron chi connectivity index (χ4n) is 4.64. The Morgan fingerprint density at radius 3 is 1.88 bits per heavy atom. The lowest BCUT2D eigenvalue weighted by Crippen LogP contribution is -2.47. The minimum Gasteiger partial charge on any atom is -0.493 e. The van der Waals surface area contributed by atoms with E-state index < -0.39 is 0 Å². The van der Waals surface area contributed by atoms with E-state index in [0.29, 0.717) is 18.2 Å². The van der Waals surface area contributed by atoms with Crippen molar-refractivity contribution in [1.29, 1.82) is 0 Å². The van der Waals surface area contributed by atoms with Crippen LogP contribution in [0.3, 0.4) is 0 Å². The van der Waals surface area contributed by atoms with E-state index in [-0.39, 0.29) is 11.5 Å². The fraction of sp³-hybridized carbons (Fsp3) is 0.345. The molecule has 4 nitrogen and oxygen atoms in total. The number of hydrogen-bond acceptors (Lipinski definition) is 4. The van der Waals surface area contributed by atoms with Gasteiger partial charge in [0.25, 0.3) is 0 Å². The van der Waals surface area contributed by atoms with Gasteiger partial charge in [-0.05, 0) is 28.7 Å². The summed E-state index contributed by atoms with van der Waals surface area (Å²) < 4.78 is 5.43. The highest BCUT2D eigenvalue weighted by molar-refractivity contribution is 5.34. The third-order valence-electron chi connectivity index (χ3n) is 6.57. The zero-order valence-corrected chi connectivity index (χ0v) is 19.9. The normalized spacial score (nSPS) is 15.2. The summed E-state index contributed by atoms with van der Waals surface area (Å²) in [6.07, 6.45) is 0. The van der Waals surface area contributed by atoms with Gasteiger partial charge >= 0.3 is 0 Å². The first-order valence-corrected chi connectivity index (χ1v) is 11.8. The Hall–Kier alpha value is -2.95. The van der Waals surface area contributed by atoms with Crippen LogP contribution in [0.15, 0.2) is 83.7 Å². The molecular formula is C29H34N2O2. The molecule has 33 heavy (non-hydrogen) atoms. The van der Waals surface area contributed by atoms with E-state index in [2.05, 4.69) is 90.4 Å². The van der Waals surface area contributed by atoms with Crippen LogP contribution in [0.4, 0.5) is 0 Å². The predicted octanol–water partition coefficient (Wildman–Crippen LogP) is 5.09. The van der Waals surface area contributed by atoms with Gasteiger partial charge in [-0.2, -0.15) is 0 Å². The third kappa shape index (κ3) is 5.52. The zero-order chi connectivity index (χ0) is 23.2. The molecule has 0 amide bonds. The molecule has 1 aliphatic rings. The van der Waals surface area contributed by atoms with Crippen LogP contribution in [0, 0.1) is 0 Å². The van der Waals surface area contributed by atoms with Gasteiger partial charge in [0.2, 0.25) is 5.43 Å². The van der Waals surface area contributed by atoms with Gasteiger partial charge in [-0.25, -0.2) is 0 Å². The maximum Gasteiger partial charge on any atom is 0.224 e. The molecule has 0 spiro atoms. The molecule has 1 heterocycles. The maximum atomic E-state index is 13.0. The van der Waals surface area contributed by atoms with Crippen LogP contribution in [0.1, 0.15) is 48.1 Å². The predicted molar refractivity (Wildman–Crippen MR) is 135 cm³/mol. The summed E-state index contributed by atoms with van der Waals surface area (Å²) in [5, 5.41) is 0. The van der Waals surface area contributed by atoms with Gasteiger partial charge in [-0.1, -0.05) is 86.6 Å². The molecule has 0 radical (unpaired) electrons. The summed E-state index contributed by atoms with van der Waals surface area (Å²) in [6.45, 7) is 8.67. The van der Waals surface area contributed by atoms with Crippen molar-refractivity contribution in [3.63, 3.8) is 0 Å². The largest absolute Gasteiger partial charge is 0.493 e. The summed E-state index contributed by atoms with van der Waals surface area (Å²) in [6, 6.07) is 27.7. The van der Waals surface area contributed by atoms with E-state index in [1.807, 2.05) is 12.1 Å². The van der Waals surface area contributed by atoms with Crippen molar-refractivity contribution in [2.45, 2.75) is 32.4 Å². The van der Waals surface area contributed by atoms with E-state index in [0.717, 1.165) is 37.3 Å². The lowest BCUT2D eigenvalue weighted by molar-refractivity contribution is 0.104. The van der Waals surface area contributed by atoms with Crippen LogP contribution in [-0.2, 0) is 6.54 Å². The molecule has 4 heteroatoms. The van der Waals surface area contributed by atoms with Gasteiger partial charge in [-0.3, -0.25) is 14.6 Å². The van der Waals surface area contributed by atoms with Crippen molar-refractivity contribution in [1.82, 2.24) is 9.80 Å². The molecule has 0 unspecified atom stereocenters. The molecule has 0 saturated carbocycles. The average Bonchev–Trinajstić information content (AvgIpc) is 3.00. The highest BCUT2D eigenvalue weighted by Crippen LogP contribution is 2.29.